The Hall–Kier alpha value is -2.01. The molecule has 0 fully saturated rings. The van der Waals surface area contributed by atoms with Crippen LogP contribution in [-0.2, 0) is 0 Å². The van der Waals surface area contributed by atoms with Crippen LogP contribution in [0, 0.1) is 11.3 Å². The molecule has 0 aliphatic rings. The molecular weight excluding hydrogens is 172 g/mol. The van der Waals surface area contributed by atoms with Crippen molar-refractivity contribution < 1.29 is 0 Å². The zero-order valence-corrected chi connectivity index (χ0v) is 7.70. The lowest BCUT2D eigenvalue weighted by Crippen LogP contribution is -1.68. The van der Waals surface area contributed by atoms with Gasteiger partial charge < -0.3 is 4.98 Å². The molecule has 1 aromatic carbocycles. The standard InChI is InChI=1S/C12H10N2/c13-8-4-3-6-11-9-10-5-1-2-7-12(10)14-11/h1-3,5-7,9,14H,4H2/b6-3-. The minimum atomic E-state index is 0.454. The molecule has 0 aliphatic heterocycles. The predicted molar refractivity (Wildman–Crippen MR) is 57.6 cm³/mol. The van der Waals surface area contributed by atoms with E-state index in [4.69, 9.17) is 5.26 Å². The van der Waals surface area contributed by atoms with Crippen LogP contribution < -0.4 is 0 Å². The summed E-state index contributed by atoms with van der Waals surface area (Å²) in [5, 5.41) is 9.57. The van der Waals surface area contributed by atoms with Gasteiger partial charge in [-0.2, -0.15) is 5.26 Å². The zero-order valence-electron chi connectivity index (χ0n) is 7.70. The van der Waals surface area contributed by atoms with Crippen LogP contribution in [-0.4, -0.2) is 4.98 Å². The number of aromatic amines is 1. The van der Waals surface area contributed by atoms with E-state index in [0.29, 0.717) is 6.42 Å². The molecule has 0 spiro atoms. The maximum atomic E-state index is 8.37. The number of fused-ring (bicyclic) bond motifs is 1. The minimum Gasteiger partial charge on any atom is -0.355 e. The Balaban J connectivity index is 2.32. The summed E-state index contributed by atoms with van der Waals surface area (Å²) < 4.78 is 0. The molecular formula is C12H10N2. The number of hydrogen-bond donors (Lipinski definition) is 1. The van der Waals surface area contributed by atoms with Crippen molar-refractivity contribution in [3.05, 3.63) is 42.1 Å². The minimum absolute atomic E-state index is 0.454. The number of H-pyrrole nitrogens is 1. The molecule has 0 bridgehead atoms. The summed E-state index contributed by atoms with van der Waals surface area (Å²) in [5.74, 6) is 0. The summed E-state index contributed by atoms with van der Waals surface area (Å²) in [4.78, 5) is 3.26. The Morgan fingerprint density at radius 2 is 2.21 bits per heavy atom. The van der Waals surface area contributed by atoms with Gasteiger partial charge in [0.15, 0.2) is 0 Å². The van der Waals surface area contributed by atoms with Crippen molar-refractivity contribution in [2.45, 2.75) is 6.42 Å². The van der Waals surface area contributed by atoms with Crippen LogP contribution in [0.25, 0.3) is 17.0 Å². The first-order chi connectivity index (χ1) is 6.90. The zero-order chi connectivity index (χ0) is 9.80. The summed E-state index contributed by atoms with van der Waals surface area (Å²) in [6.07, 6.45) is 4.24. The summed E-state index contributed by atoms with van der Waals surface area (Å²) in [6, 6.07) is 12.3. The van der Waals surface area contributed by atoms with Crippen molar-refractivity contribution >= 4 is 17.0 Å². The van der Waals surface area contributed by atoms with E-state index >= 15 is 0 Å². The molecule has 68 valence electrons. The predicted octanol–water partition coefficient (Wildman–Crippen LogP) is 3.09. The maximum absolute atomic E-state index is 8.37. The second-order valence-corrected chi connectivity index (χ2v) is 3.08. The molecule has 0 unspecified atom stereocenters. The van der Waals surface area contributed by atoms with Gasteiger partial charge in [-0.15, -0.1) is 0 Å². The lowest BCUT2D eigenvalue weighted by atomic mass is 10.2. The van der Waals surface area contributed by atoms with Gasteiger partial charge in [-0.25, -0.2) is 0 Å². The normalized spacial score (nSPS) is 10.8. The molecule has 0 saturated heterocycles. The van der Waals surface area contributed by atoms with Gasteiger partial charge in [0.25, 0.3) is 0 Å². The third kappa shape index (κ3) is 1.67. The van der Waals surface area contributed by atoms with Crippen LogP contribution in [0.2, 0.25) is 0 Å². The summed E-state index contributed by atoms with van der Waals surface area (Å²) in [7, 11) is 0. The number of nitriles is 1. The Labute approximate surface area is 82.5 Å². The number of aromatic nitrogens is 1. The van der Waals surface area contributed by atoms with Gasteiger partial charge >= 0.3 is 0 Å². The third-order valence-electron chi connectivity index (χ3n) is 2.06. The number of nitrogens with zero attached hydrogens (tertiary/aromatic N) is 1. The molecule has 0 aliphatic carbocycles. The highest BCUT2D eigenvalue weighted by atomic mass is 14.7. The number of hydrogen-bond acceptors (Lipinski definition) is 1. The first kappa shape index (κ1) is 8.58. The van der Waals surface area contributed by atoms with Gasteiger partial charge in [-0.1, -0.05) is 24.3 Å². The first-order valence-electron chi connectivity index (χ1n) is 4.51. The lowest BCUT2D eigenvalue weighted by molar-refractivity contribution is 1.35. The van der Waals surface area contributed by atoms with Gasteiger partial charge in [0.05, 0.1) is 12.5 Å². The number of para-hydroxylation sites is 1. The number of allylic oxidation sites excluding steroid dienone is 1. The van der Waals surface area contributed by atoms with E-state index < -0.39 is 0 Å². The highest BCUT2D eigenvalue weighted by Gasteiger charge is 1.95. The van der Waals surface area contributed by atoms with Crippen LogP contribution in [0.4, 0.5) is 0 Å². The van der Waals surface area contributed by atoms with Crippen molar-refractivity contribution in [3.63, 3.8) is 0 Å². The third-order valence-corrected chi connectivity index (χ3v) is 2.06. The van der Waals surface area contributed by atoms with E-state index in [1.54, 1.807) is 0 Å². The number of nitrogens with one attached hydrogen (secondary N) is 1. The molecule has 0 saturated carbocycles. The van der Waals surface area contributed by atoms with Gasteiger partial charge in [0.1, 0.15) is 0 Å². The highest BCUT2D eigenvalue weighted by molar-refractivity contribution is 5.82. The molecule has 1 heterocycles. The summed E-state index contributed by atoms with van der Waals surface area (Å²) in [5.41, 5.74) is 2.17. The van der Waals surface area contributed by atoms with Crippen molar-refractivity contribution in [1.29, 1.82) is 5.26 Å². The van der Waals surface area contributed by atoms with E-state index in [2.05, 4.69) is 23.2 Å². The summed E-state index contributed by atoms with van der Waals surface area (Å²) in [6.45, 7) is 0. The van der Waals surface area contributed by atoms with Crippen LogP contribution >= 0.6 is 0 Å². The molecule has 2 aromatic rings. The largest absolute Gasteiger partial charge is 0.355 e. The van der Waals surface area contributed by atoms with Crippen LogP contribution in [0.1, 0.15) is 12.1 Å². The smallest absolute Gasteiger partial charge is 0.0663 e. The van der Waals surface area contributed by atoms with Crippen LogP contribution in [0.15, 0.2) is 36.4 Å². The fourth-order valence-corrected chi connectivity index (χ4v) is 1.42. The van der Waals surface area contributed by atoms with Crippen molar-refractivity contribution in [2.24, 2.45) is 0 Å². The molecule has 2 rings (SSSR count). The van der Waals surface area contributed by atoms with E-state index in [9.17, 15) is 0 Å². The number of benzene rings is 1. The van der Waals surface area contributed by atoms with Crippen LogP contribution in [0.5, 0.6) is 0 Å². The highest BCUT2D eigenvalue weighted by Crippen LogP contribution is 2.15. The van der Waals surface area contributed by atoms with E-state index in [1.165, 1.54) is 5.39 Å². The SMILES string of the molecule is N#CC/C=C\c1cc2ccccc2[nH]1. The Morgan fingerprint density at radius 3 is 3.00 bits per heavy atom. The molecule has 2 nitrogen and oxygen atoms in total. The van der Waals surface area contributed by atoms with Gasteiger partial charge in [-0.3, -0.25) is 0 Å². The second-order valence-electron chi connectivity index (χ2n) is 3.08. The fraction of sp³-hybridized carbons (Fsp3) is 0.0833. The summed E-state index contributed by atoms with van der Waals surface area (Å²) >= 11 is 0. The van der Waals surface area contributed by atoms with Gasteiger partial charge in [0, 0.05) is 11.2 Å². The topological polar surface area (TPSA) is 39.6 Å². The monoisotopic (exact) mass is 182 g/mol. The molecule has 1 aromatic heterocycles. The maximum Gasteiger partial charge on any atom is 0.0663 e. The first-order valence-corrected chi connectivity index (χ1v) is 4.51. The number of rotatable bonds is 2. The molecule has 2 heteroatoms. The van der Waals surface area contributed by atoms with Crippen molar-refractivity contribution in [3.8, 4) is 6.07 Å². The molecule has 14 heavy (non-hydrogen) atoms. The Kier molecular flexibility index (Phi) is 2.33. The fourth-order valence-electron chi connectivity index (χ4n) is 1.42. The van der Waals surface area contributed by atoms with Gasteiger partial charge in [-0.05, 0) is 23.6 Å². The second kappa shape index (κ2) is 3.80. The molecule has 0 amide bonds. The molecule has 0 radical (unpaired) electrons. The molecule has 1 N–H and O–H groups in total. The Morgan fingerprint density at radius 1 is 1.36 bits per heavy atom. The van der Waals surface area contributed by atoms with E-state index in [-0.39, 0.29) is 0 Å². The quantitative estimate of drug-likeness (QED) is 0.761. The average Bonchev–Trinajstić information content (AvgIpc) is 2.60. The molecule has 0 atom stereocenters. The average molecular weight is 182 g/mol. The van der Waals surface area contributed by atoms with Gasteiger partial charge in [0.2, 0.25) is 0 Å². The van der Waals surface area contributed by atoms with Crippen molar-refractivity contribution in [2.75, 3.05) is 0 Å². The van der Waals surface area contributed by atoms with Crippen molar-refractivity contribution in [1.82, 2.24) is 4.98 Å². The van der Waals surface area contributed by atoms with Crippen LogP contribution in [0.3, 0.4) is 0 Å². The van der Waals surface area contributed by atoms with E-state index in [0.717, 1.165) is 11.2 Å². The van der Waals surface area contributed by atoms with E-state index in [1.807, 2.05) is 30.4 Å². The lowest BCUT2D eigenvalue weighted by Gasteiger charge is -1.84. The Bertz CT molecular complexity index is 467.